The fourth-order valence-corrected chi connectivity index (χ4v) is 6.68. The van der Waals surface area contributed by atoms with Crippen molar-refractivity contribution in [2.45, 2.75) is 22.6 Å². The third kappa shape index (κ3) is 3.57. The van der Waals surface area contributed by atoms with E-state index in [1.807, 2.05) is 36.4 Å². The lowest BCUT2D eigenvalue weighted by atomic mass is 9.65. The number of carbonyl (C=O) groups is 1. The summed E-state index contributed by atoms with van der Waals surface area (Å²) in [6.07, 6.45) is 4.74. The lowest BCUT2D eigenvalue weighted by Gasteiger charge is -2.35. The van der Waals surface area contributed by atoms with Crippen LogP contribution in [0.3, 0.4) is 0 Å². The molecule has 1 aliphatic heterocycles. The Kier molecular flexibility index (Phi) is 5.44. The highest BCUT2D eigenvalue weighted by Crippen LogP contribution is 2.53. The maximum Gasteiger partial charge on any atom is 0.240 e. The van der Waals surface area contributed by atoms with Gasteiger partial charge in [-0.25, -0.2) is 13.1 Å². The van der Waals surface area contributed by atoms with Crippen LogP contribution in [-0.4, -0.2) is 28.5 Å². The number of ether oxygens (including phenoxy) is 1. The van der Waals surface area contributed by atoms with Crippen LogP contribution in [0.5, 0.6) is 5.75 Å². The molecule has 6 rings (SSSR count). The number of fused-ring (bicyclic) bond motifs is 3. The van der Waals surface area contributed by atoms with E-state index in [0.717, 1.165) is 33.2 Å². The molecule has 2 unspecified atom stereocenters. The second kappa shape index (κ2) is 8.57. The van der Waals surface area contributed by atoms with E-state index in [2.05, 4.69) is 46.5 Å². The van der Waals surface area contributed by atoms with Crippen LogP contribution in [0.15, 0.2) is 89.8 Å². The molecule has 0 spiro atoms. The van der Waals surface area contributed by atoms with Gasteiger partial charge < -0.3 is 10.1 Å². The summed E-state index contributed by atoms with van der Waals surface area (Å²) in [7, 11) is -0.634. The van der Waals surface area contributed by atoms with Gasteiger partial charge in [-0.1, -0.05) is 66.7 Å². The summed E-state index contributed by atoms with van der Waals surface area (Å²) in [4.78, 5) is 13.8. The third-order valence-electron chi connectivity index (χ3n) is 7.65. The van der Waals surface area contributed by atoms with E-state index < -0.39 is 21.4 Å². The van der Waals surface area contributed by atoms with Crippen molar-refractivity contribution in [3.05, 3.63) is 107 Å². The largest absolute Gasteiger partial charge is 0.496 e. The number of allylic oxidation sites excluding steroid dienone is 1. The highest BCUT2D eigenvalue weighted by atomic mass is 32.2. The molecule has 186 valence electrons. The van der Waals surface area contributed by atoms with E-state index in [9.17, 15) is 13.2 Å². The molecule has 2 N–H and O–H groups in total. The highest BCUT2D eigenvalue weighted by molar-refractivity contribution is 7.89. The summed E-state index contributed by atoms with van der Waals surface area (Å²) in [6, 6.07) is 25.1. The third-order valence-corrected chi connectivity index (χ3v) is 9.06. The Morgan fingerprint density at radius 2 is 1.73 bits per heavy atom. The van der Waals surface area contributed by atoms with Crippen molar-refractivity contribution in [3.63, 3.8) is 0 Å². The lowest BCUT2D eigenvalue weighted by Crippen LogP contribution is -2.37. The summed E-state index contributed by atoms with van der Waals surface area (Å²) in [5.41, 5.74) is 3.79. The van der Waals surface area contributed by atoms with Gasteiger partial charge in [-0.2, -0.15) is 0 Å². The Morgan fingerprint density at radius 1 is 0.973 bits per heavy atom. The topological polar surface area (TPSA) is 84.5 Å². The molecule has 1 amide bonds. The average molecular weight is 511 g/mol. The Balaban J connectivity index is 1.58. The maximum absolute atomic E-state index is 13.7. The summed E-state index contributed by atoms with van der Waals surface area (Å²) < 4.78 is 33.3. The molecule has 4 aromatic carbocycles. The molecule has 0 saturated carbocycles. The van der Waals surface area contributed by atoms with Gasteiger partial charge in [0.15, 0.2) is 0 Å². The molecule has 2 aliphatic rings. The molecule has 0 saturated heterocycles. The van der Waals surface area contributed by atoms with Crippen LogP contribution in [0.2, 0.25) is 0 Å². The molecule has 2 atom stereocenters. The predicted octanol–water partition coefficient (Wildman–Crippen LogP) is 5.00. The molecular formula is C30H26N2O4S. The molecule has 0 radical (unpaired) electrons. The minimum absolute atomic E-state index is 0.135. The number of anilines is 1. The van der Waals surface area contributed by atoms with E-state index in [4.69, 9.17) is 4.74 Å². The first kappa shape index (κ1) is 23.5. The van der Waals surface area contributed by atoms with Gasteiger partial charge in [0.1, 0.15) is 5.75 Å². The zero-order valence-corrected chi connectivity index (χ0v) is 21.3. The van der Waals surface area contributed by atoms with Crippen LogP contribution in [0.4, 0.5) is 5.69 Å². The number of hydrogen-bond donors (Lipinski definition) is 2. The normalized spacial score (nSPS) is 20.1. The van der Waals surface area contributed by atoms with Gasteiger partial charge in [-0.05, 0) is 65.4 Å². The van der Waals surface area contributed by atoms with Crippen molar-refractivity contribution in [1.29, 1.82) is 0 Å². The average Bonchev–Trinajstić information content (AvgIpc) is 3.45. The van der Waals surface area contributed by atoms with Gasteiger partial charge in [0.05, 0.1) is 17.9 Å². The van der Waals surface area contributed by atoms with Crippen molar-refractivity contribution in [2.75, 3.05) is 19.5 Å². The van der Waals surface area contributed by atoms with Gasteiger partial charge in [0.25, 0.3) is 0 Å². The Bertz CT molecular complexity index is 1710. The van der Waals surface area contributed by atoms with Crippen LogP contribution in [0, 0.1) is 0 Å². The van der Waals surface area contributed by atoms with Gasteiger partial charge in [0, 0.05) is 16.5 Å². The summed E-state index contributed by atoms with van der Waals surface area (Å²) >= 11 is 0. The van der Waals surface area contributed by atoms with Gasteiger partial charge in [-0.3, -0.25) is 4.79 Å². The molecule has 0 aromatic heterocycles. The number of nitrogens with one attached hydrogen (secondary N) is 2. The van der Waals surface area contributed by atoms with Crippen LogP contribution in [0.1, 0.15) is 28.2 Å². The first-order valence-corrected chi connectivity index (χ1v) is 13.6. The van der Waals surface area contributed by atoms with E-state index in [0.29, 0.717) is 17.7 Å². The first-order chi connectivity index (χ1) is 17.9. The molecule has 1 heterocycles. The van der Waals surface area contributed by atoms with Crippen molar-refractivity contribution >= 4 is 38.5 Å². The zero-order valence-electron chi connectivity index (χ0n) is 20.5. The summed E-state index contributed by atoms with van der Waals surface area (Å²) in [5.74, 6) is 0.0325. The molecule has 0 fully saturated rings. The van der Waals surface area contributed by atoms with Gasteiger partial charge in [0.2, 0.25) is 15.9 Å². The maximum atomic E-state index is 13.7. The molecule has 6 nitrogen and oxygen atoms in total. The van der Waals surface area contributed by atoms with E-state index >= 15 is 0 Å². The molecule has 37 heavy (non-hydrogen) atoms. The van der Waals surface area contributed by atoms with E-state index in [1.54, 1.807) is 19.2 Å². The SMILES string of the molecule is CNS(=O)(=O)c1ccc2c(c1)C(C1(Cc3ccc(OC)c4ccccc34)C=Cc3ccccc31)C(=O)N2. The van der Waals surface area contributed by atoms with Crippen LogP contribution in [-0.2, 0) is 26.7 Å². The number of carbonyl (C=O) groups excluding carboxylic acids is 1. The number of benzene rings is 4. The molecule has 0 bridgehead atoms. The van der Waals surface area contributed by atoms with Gasteiger partial charge in [-0.15, -0.1) is 0 Å². The molecule has 7 heteroatoms. The molecule has 4 aromatic rings. The van der Waals surface area contributed by atoms with Crippen LogP contribution >= 0.6 is 0 Å². The number of hydrogen-bond acceptors (Lipinski definition) is 4. The quantitative estimate of drug-likeness (QED) is 0.382. The monoisotopic (exact) mass is 510 g/mol. The van der Waals surface area contributed by atoms with E-state index in [1.165, 1.54) is 13.1 Å². The minimum Gasteiger partial charge on any atom is -0.496 e. The molecular weight excluding hydrogens is 484 g/mol. The van der Waals surface area contributed by atoms with Crippen molar-refractivity contribution in [1.82, 2.24) is 4.72 Å². The Labute approximate surface area is 216 Å². The Hall–Kier alpha value is -3.94. The fraction of sp³-hybridized carbons (Fsp3) is 0.167. The second-order valence-corrected chi connectivity index (χ2v) is 11.4. The van der Waals surface area contributed by atoms with Crippen LogP contribution in [0.25, 0.3) is 16.8 Å². The zero-order chi connectivity index (χ0) is 25.8. The van der Waals surface area contributed by atoms with Crippen molar-refractivity contribution in [2.24, 2.45) is 0 Å². The number of methoxy groups -OCH3 is 1. The number of sulfonamides is 1. The summed E-state index contributed by atoms with van der Waals surface area (Å²) in [6.45, 7) is 0. The highest BCUT2D eigenvalue weighted by Gasteiger charge is 2.50. The lowest BCUT2D eigenvalue weighted by molar-refractivity contribution is -0.118. The summed E-state index contributed by atoms with van der Waals surface area (Å²) in [5, 5.41) is 5.08. The minimum atomic E-state index is -3.68. The number of rotatable bonds is 6. The first-order valence-electron chi connectivity index (χ1n) is 12.1. The van der Waals surface area contributed by atoms with Gasteiger partial charge >= 0.3 is 0 Å². The standard InChI is InChI=1S/C30H26N2O4S/c1-31-37(34,35)21-12-13-26-24(17-21)28(29(33)32-26)30(16-15-19-7-3-6-10-25(19)30)18-20-11-14-27(36-2)23-9-5-4-8-22(20)23/h3-17,28,31H,18H2,1-2H3,(H,32,33). The Morgan fingerprint density at radius 3 is 2.51 bits per heavy atom. The predicted molar refractivity (Wildman–Crippen MR) is 145 cm³/mol. The number of amides is 1. The smallest absolute Gasteiger partial charge is 0.240 e. The van der Waals surface area contributed by atoms with Crippen LogP contribution < -0.4 is 14.8 Å². The van der Waals surface area contributed by atoms with Crippen molar-refractivity contribution < 1.29 is 17.9 Å². The second-order valence-electron chi connectivity index (χ2n) is 9.49. The van der Waals surface area contributed by atoms with Crippen molar-refractivity contribution in [3.8, 4) is 5.75 Å². The molecule has 1 aliphatic carbocycles. The van der Waals surface area contributed by atoms with E-state index in [-0.39, 0.29) is 10.8 Å². The fourth-order valence-electron chi connectivity index (χ4n) is 5.92.